The Bertz CT molecular complexity index is 661. The number of hydrogen-bond donors (Lipinski definition) is 0. The molecule has 0 unspecified atom stereocenters. The molecule has 24 heavy (non-hydrogen) atoms. The van der Waals surface area contributed by atoms with Crippen molar-refractivity contribution in [2.75, 3.05) is 0 Å². The zero-order valence-corrected chi connectivity index (χ0v) is 14.9. The minimum atomic E-state index is -0.931. The highest BCUT2D eigenvalue weighted by atomic mass is 28.2. The zero-order valence-electron chi connectivity index (χ0n) is 13.5. The molecule has 0 saturated carbocycles. The Kier molecular flexibility index (Phi) is 5.38. The first-order valence-corrected chi connectivity index (χ1v) is 9.35. The second-order valence-corrected chi connectivity index (χ2v) is 6.58. The van der Waals surface area contributed by atoms with Gasteiger partial charge in [0.15, 0.2) is 5.60 Å². The molecule has 2 nitrogen and oxygen atoms in total. The van der Waals surface area contributed by atoms with Gasteiger partial charge in [-0.3, -0.25) is 4.58 Å². The molecular formula is C21H20O2Si. The van der Waals surface area contributed by atoms with Crippen LogP contribution in [0.15, 0.2) is 103 Å². The summed E-state index contributed by atoms with van der Waals surface area (Å²) in [5, 5.41) is 0. The summed E-state index contributed by atoms with van der Waals surface area (Å²) >= 11 is 0. The van der Waals surface area contributed by atoms with Gasteiger partial charge >= 0.3 is 0 Å². The highest BCUT2D eigenvalue weighted by molar-refractivity contribution is 6.33. The number of rotatable bonds is 7. The van der Waals surface area contributed by atoms with Crippen molar-refractivity contribution in [2.24, 2.45) is 0 Å². The van der Waals surface area contributed by atoms with Gasteiger partial charge in [0.05, 0.1) is 0 Å². The lowest BCUT2D eigenvalue weighted by Crippen LogP contribution is -2.33. The molecule has 0 saturated heterocycles. The minimum Gasteiger partial charge on any atom is -0.288 e. The van der Waals surface area contributed by atoms with Gasteiger partial charge in [-0.1, -0.05) is 96.7 Å². The predicted molar refractivity (Wildman–Crippen MR) is 100 cm³/mol. The molecule has 3 heteroatoms. The minimum absolute atomic E-state index is 0.806. The van der Waals surface area contributed by atoms with Crippen molar-refractivity contribution in [3.8, 4) is 0 Å². The summed E-state index contributed by atoms with van der Waals surface area (Å²) in [5.41, 5.74) is 4.09. The fraction of sp³-hybridized carbons (Fsp3) is 0.0476. The maximum atomic E-state index is 6.12. The van der Waals surface area contributed by atoms with Crippen LogP contribution in [0, 0.1) is 0 Å². The Balaban J connectivity index is 2.22. The fourth-order valence-electron chi connectivity index (χ4n) is 2.83. The van der Waals surface area contributed by atoms with E-state index in [9.17, 15) is 0 Å². The summed E-state index contributed by atoms with van der Waals surface area (Å²) in [6, 6.07) is 30.5. The van der Waals surface area contributed by atoms with Gasteiger partial charge in [-0.15, -0.1) is 6.58 Å². The number of hydrogen-bond acceptors (Lipinski definition) is 2. The van der Waals surface area contributed by atoms with E-state index in [0.717, 1.165) is 16.7 Å². The SMILES string of the molecule is C=C[SiH2]OOC(c1ccccc1)(c1ccccc1)c1ccccc1. The van der Waals surface area contributed by atoms with E-state index in [-0.39, 0.29) is 0 Å². The molecule has 0 aliphatic carbocycles. The summed E-state index contributed by atoms with van der Waals surface area (Å²) < 4.78 is 5.63. The topological polar surface area (TPSA) is 18.5 Å². The maximum absolute atomic E-state index is 6.12. The average molecular weight is 332 g/mol. The van der Waals surface area contributed by atoms with Crippen molar-refractivity contribution in [1.29, 1.82) is 0 Å². The van der Waals surface area contributed by atoms with Crippen LogP contribution < -0.4 is 0 Å². The molecule has 0 fully saturated rings. The molecule has 0 atom stereocenters. The molecule has 0 heterocycles. The van der Waals surface area contributed by atoms with Crippen molar-refractivity contribution in [1.82, 2.24) is 0 Å². The normalized spacial score (nSPS) is 11.7. The lowest BCUT2D eigenvalue weighted by molar-refractivity contribution is -0.270. The molecule has 3 aromatic rings. The first kappa shape index (κ1) is 16.4. The molecule has 0 bridgehead atoms. The van der Waals surface area contributed by atoms with Gasteiger partial charge in [0, 0.05) is 0 Å². The highest BCUT2D eigenvalue weighted by Gasteiger charge is 2.38. The summed E-state index contributed by atoms with van der Waals surface area (Å²) in [5.74, 6) is 0. The van der Waals surface area contributed by atoms with Gasteiger partial charge in [0.1, 0.15) is 0 Å². The van der Waals surface area contributed by atoms with Crippen LogP contribution in [-0.2, 0) is 15.1 Å². The third-order valence-corrected chi connectivity index (χ3v) is 4.40. The van der Waals surface area contributed by atoms with Crippen LogP contribution in [0.25, 0.3) is 0 Å². The molecule has 120 valence electrons. The van der Waals surface area contributed by atoms with Crippen LogP contribution in [0.1, 0.15) is 16.7 Å². The molecule has 0 aliphatic rings. The van der Waals surface area contributed by atoms with Crippen LogP contribution in [0.4, 0.5) is 0 Å². The Labute approximate surface area is 145 Å². The van der Waals surface area contributed by atoms with Crippen LogP contribution >= 0.6 is 0 Å². The maximum Gasteiger partial charge on any atom is 0.231 e. The quantitative estimate of drug-likeness (QED) is 0.213. The van der Waals surface area contributed by atoms with Gasteiger partial charge in [0.2, 0.25) is 9.76 Å². The largest absolute Gasteiger partial charge is 0.288 e. The molecule has 3 rings (SSSR count). The molecular weight excluding hydrogens is 312 g/mol. The smallest absolute Gasteiger partial charge is 0.231 e. The van der Waals surface area contributed by atoms with Crippen LogP contribution in [0.3, 0.4) is 0 Å². The van der Waals surface area contributed by atoms with Crippen molar-refractivity contribution >= 4 is 9.76 Å². The molecule has 3 aromatic carbocycles. The lowest BCUT2D eigenvalue weighted by atomic mass is 9.80. The van der Waals surface area contributed by atoms with Gasteiger partial charge in [-0.25, -0.2) is 4.89 Å². The Morgan fingerprint density at radius 3 is 1.38 bits per heavy atom. The van der Waals surface area contributed by atoms with E-state index in [2.05, 4.69) is 43.0 Å². The van der Waals surface area contributed by atoms with E-state index in [1.807, 2.05) is 60.3 Å². The van der Waals surface area contributed by atoms with Crippen LogP contribution in [0.2, 0.25) is 0 Å². The summed E-state index contributed by atoms with van der Waals surface area (Å²) in [6.07, 6.45) is 0. The summed E-state index contributed by atoms with van der Waals surface area (Å²) in [4.78, 5) is 6.12. The molecule has 0 amide bonds. The van der Waals surface area contributed by atoms with Crippen molar-refractivity contribution in [3.63, 3.8) is 0 Å². The lowest BCUT2D eigenvalue weighted by Gasteiger charge is -2.34. The van der Waals surface area contributed by atoms with E-state index in [1.165, 1.54) is 0 Å². The summed E-state index contributed by atoms with van der Waals surface area (Å²) in [6.45, 7) is 3.76. The van der Waals surface area contributed by atoms with Crippen molar-refractivity contribution in [2.45, 2.75) is 5.60 Å². The molecule has 0 radical (unpaired) electrons. The van der Waals surface area contributed by atoms with E-state index < -0.39 is 15.4 Å². The highest BCUT2D eigenvalue weighted by Crippen LogP contribution is 2.40. The Morgan fingerprint density at radius 1 is 0.667 bits per heavy atom. The van der Waals surface area contributed by atoms with Gasteiger partial charge < -0.3 is 0 Å². The first-order valence-electron chi connectivity index (χ1n) is 7.96. The van der Waals surface area contributed by atoms with Gasteiger partial charge in [-0.05, 0) is 16.7 Å². The van der Waals surface area contributed by atoms with Gasteiger partial charge in [0.25, 0.3) is 0 Å². The third kappa shape index (κ3) is 3.24. The van der Waals surface area contributed by atoms with E-state index in [0.29, 0.717) is 0 Å². The second-order valence-electron chi connectivity index (χ2n) is 5.44. The molecule has 0 aliphatic heterocycles. The van der Waals surface area contributed by atoms with Crippen molar-refractivity contribution < 1.29 is 9.46 Å². The Morgan fingerprint density at radius 2 is 1.04 bits per heavy atom. The van der Waals surface area contributed by atoms with Crippen LogP contribution in [0.5, 0.6) is 0 Å². The standard InChI is InChI=1S/C21H20O2Si/c1-2-24-23-22-21(18-12-6-3-7-13-18,19-14-8-4-9-15-19)20-16-10-5-11-17-20/h2-17H,1,24H2. The van der Waals surface area contributed by atoms with E-state index >= 15 is 0 Å². The zero-order chi connectivity index (χ0) is 16.7. The first-order chi connectivity index (χ1) is 11.9. The van der Waals surface area contributed by atoms with E-state index in [1.54, 1.807) is 0 Å². The Hall–Kier alpha value is -2.46. The second kappa shape index (κ2) is 7.88. The van der Waals surface area contributed by atoms with Crippen LogP contribution in [-0.4, -0.2) is 9.76 Å². The monoisotopic (exact) mass is 332 g/mol. The molecule has 0 spiro atoms. The van der Waals surface area contributed by atoms with Crippen molar-refractivity contribution in [3.05, 3.63) is 120 Å². The van der Waals surface area contributed by atoms with E-state index in [4.69, 9.17) is 9.46 Å². The molecule has 0 N–H and O–H groups in total. The average Bonchev–Trinajstić information content (AvgIpc) is 2.68. The van der Waals surface area contributed by atoms with Gasteiger partial charge in [-0.2, -0.15) is 0 Å². The predicted octanol–water partition coefficient (Wildman–Crippen LogP) is 4.15. The molecule has 0 aromatic heterocycles. The number of benzene rings is 3. The fourth-order valence-corrected chi connectivity index (χ4v) is 3.17. The third-order valence-electron chi connectivity index (χ3n) is 3.91. The summed E-state index contributed by atoms with van der Waals surface area (Å²) in [7, 11) is -0.931.